The van der Waals surface area contributed by atoms with Gasteiger partial charge in [-0.05, 0) is 37.1 Å². The predicted molar refractivity (Wildman–Crippen MR) is 92.3 cm³/mol. The summed E-state index contributed by atoms with van der Waals surface area (Å²) in [7, 11) is 0. The molecule has 4 nitrogen and oxygen atoms in total. The summed E-state index contributed by atoms with van der Waals surface area (Å²) in [6, 6.07) is 8.36. The van der Waals surface area contributed by atoms with E-state index < -0.39 is 0 Å². The fourth-order valence-electron chi connectivity index (χ4n) is 2.93. The number of pyridine rings is 2. The third-order valence-electron chi connectivity index (χ3n) is 4.10. The highest BCUT2D eigenvalue weighted by Crippen LogP contribution is 2.45. The van der Waals surface area contributed by atoms with E-state index in [0.717, 1.165) is 37.6 Å². The third kappa shape index (κ3) is 2.65. The summed E-state index contributed by atoms with van der Waals surface area (Å²) in [5, 5.41) is 0. The third-order valence-corrected chi connectivity index (χ3v) is 4.10. The molecule has 1 aliphatic rings. The van der Waals surface area contributed by atoms with Crippen LogP contribution in [0.25, 0.3) is 0 Å². The minimum atomic E-state index is 0.987. The van der Waals surface area contributed by atoms with Crippen molar-refractivity contribution in [1.29, 1.82) is 0 Å². The number of anilines is 4. The minimum absolute atomic E-state index is 0.987. The Morgan fingerprint density at radius 2 is 1.23 bits per heavy atom. The van der Waals surface area contributed by atoms with Crippen LogP contribution < -0.4 is 9.80 Å². The van der Waals surface area contributed by atoms with E-state index in [2.05, 4.69) is 45.7 Å². The molecule has 4 heteroatoms. The van der Waals surface area contributed by atoms with Crippen LogP contribution in [-0.2, 0) is 0 Å². The van der Waals surface area contributed by atoms with Gasteiger partial charge in [0.1, 0.15) is 0 Å². The van der Waals surface area contributed by atoms with Crippen molar-refractivity contribution in [3.05, 3.63) is 36.7 Å². The molecule has 0 unspecified atom stereocenters. The van der Waals surface area contributed by atoms with Crippen molar-refractivity contribution in [2.45, 2.75) is 39.5 Å². The molecule has 0 bridgehead atoms. The maximum absolute atomic E-state index is 4.67. The molecule has 0 aromatic carbocycles. The highest BCUT2D eigenvalue weighted by Gasteiger charge is 2.29. The SMILES string of the molecule is CCCCN1c2cccnc2N(CCCC)c2cccnc21. The lowest BCUT2D eigenvalue weighted by atomic mass is 10.1. The van der Waals surface area contributed by atoms with E-state index in [9.17, 15) is 0 Å². The van der Waals surface area contributed by atoms with Crippen LogP contribution in [0.1, 0.15) is 39.5 Å². The molecule has 116 valence electrons. The van der Waals surface area contributed by atoms with E-state index in [1.165, 1.54) is 24.2 Å². The lowest BCUT2D eigenvalue weighted by molar-refractivity contribution is 0.748. The summed E-state index contributed by atoms with van der Waals surface area (Å²) in [4.78, 5) is 14.0. The first kappa shape index (κ1) is 14.8. The molecule has 2 aromatic rings. The van der Waals surface area contributed by atoms with E-state index in [1.54, 1.807) is 0 Å². The maximum Gasteiger partial charge on any atom is 0.157 e. The van der Waals surface area contributed by atoms with E-state index in [0.29, 0.717) is 0 Å². The number of aromatic nitrogens is 2. The summed E-state index contributed by atoms with van der Waals surface area (Å²) in [6.07, 6.45) is 8.43. The topological polar surface area (TPSA) is 32.3 Å². The highest BCUT2D eigenvalue weighted by atomic mass is 15.3. The van der Waals surface area contributed by atoms with Crippen LogP contribution >= 0.6 is 0 Å². The van der Waals surface area contributed by atoms with Gasteiger partial charge < -0.3 is 9.80 Å². The smallest absolute Gasteiger partial charge is 0.157 e. The molecule has 0 fully saturated rings. The molecule has 3 heterocycles. The zero-order chi connectivity index (χ0) is 15.4. The van der Waals surface area contributed by atoms with E-state index in [-0.39, 0.29) is 0 Å². The first-order valence-electron chi connectivity index (χ1n) is 8.32. The largest absolute Gasteiger partial charge is 0.321 e. The zero-order valence-corrected chi connectivity index (χ0v) is 13.5. The Hall–Kier alpha value is -2.10. The van der Waals surface area contributed by atoms with Gasteiger partial charge in [0.15, 0.2) is 11.6 Å². The molecule has 0 aliphatic carbocycles. The molecular weight excluding hydrogens is 272 g/mol. The number of rotatable bonds is 6. The summed E-state index contributed by atoms with van der Waals surface area (Å²) < 4.78 is 0. The van der Waals surface area contributed by atoms with Gasteiger partial charge in [-0.15, -0.1) is 0 Å². The van der Waals surface area contributed by atoms with Gasteiger partial charge in [-0.25, -0.2) is 9.97 Å². The first-order valence-corrected chi connectivity index (χ1v) is 8.32. The Kier molecular flexibility index (Phi) is 4.56. The molecule has 0 spiro atoms. The molecule has 1 aliphatic heterocycles. The average molecular weight is 296 g/mol. The van der Waals surface area contributed by atoms with Gasteiger partial charge in [-0.2, -0.15) is 0 Å². The fraction of sp³-hybridized carbons (Fsp3) is 0.444. The molecule has 0 N–H and O–H groups in total. The first-order chi connectivity index (χ1) is 10.9. The lowest BCUT2D eigenvalue weighted by Crippen LogP contribution is -2.32. The Morgan fingerprint density at radius 3 is 1.64 bits per heavy atom. The van der Waals surface area contributed by atoms with Gasteiger partial charge in [-0.1, -0.05) is 26.7 Å². The van der Waals surface area contributed by atoms with Crippen LogP contribution in [-0.4, -0.2) is 23.1 Å². The second-order valence-corrected chi connectivity index (χ2v) is 5.70. The van der Waals surface area contributed by atoms with Gasteiger partial charge >= 0.3 is 0 Å². The summed E-state index contributed by atoms with van der Waals surface area (Å²) in [5.41, 5.74) is 2.36. The van der Waals surface area contributed by atoms with Crippen LogP contribution in [0.2, 0.25) is 0 Å². The van der Waals surface area contributed by atoms with Crippen molar-refractivity contribution >= 4 is 23.0 Å². The second-order valence-electron chi connectivity index (χ2n) is 5.70. The number of nitrogens with zero attached hydrogens (tertiary/aromatic N) is 4. The van der Waals surface area contributed by atoms with E-state index in [4.69, 9.17) is 0 Å². The Balaban J connectivity index is 2.06. The van der Waals surface area contributed by atoms with Crippen molar-refractivity contribution in [1.82, 2.24) is 9.97 Å². The minimum Gasteiger partial charge on any atom is -0.321 e. The summed E-state index contributed by atoms with van der Waals surface area (Å²) >= 11 is 0. The number of hydrogen-bond acceptors (Lipinski definition) is 4. The predicted octanol–water partition coefficient (Wildman–Crippen LogP) is 4.67. The van der Waals surface area contributed by atoms with Crippen LogP contribution in [0, 0.1) is 0 Å². The van der Waals surface area contributed by atoms with Crippen LogP contribution in [0.15, 0.2) is 36.7 Å². The van der Waals surface area contributed by atoms with E-state index in [1.807, 2.05) is 24.5 Å². The Labute approximate surface area is 132 Å². The molecular formula is C18H24N4. The number of unbranched alkanes of at least 4 members (excludes halogenated alkanes) is 2. The van der Waals surface area contributed by atoms with Gasteiger partial charge in [0.05, 0.1) is 11.4 Å². The summed E-state index contributed by atoms with van der Waals surface area (Å²) in [5.74, 6) is 2.13. The molecule has 0 radical (unpaired) electrons. The Bertz CT molecular complexity index is 524. The highest BCUT2D eigenvalue weighted by molar-refractivity contribution is 5.89. The standard InChI is InChI=1S/C18H24N4/c1-3-5-13-21-15-9-7-12-20-18(15)22(14-6-4-2)16-10-8-11-19-17(16)21/h7-12H,3-6,13-14H2,1-2H3. The molecule has 0 atom stereocenters. The average Bonchev–Trinajstić information content (AvgIpc) is 2.58. The second kappa shape index (κ2) is 6.77. The quantitative estimate of drug-likeness (QED) is 0.775. The molecule has 3 rings (SSSR count). The van der Waals surface area contributed by atoms with Crippen molar-refractivity contribution < 1.29 is 0 Å². The van der Waals surface area contributed by atoms with Gasteiger partial charge in [0, 0.05) is 25.5 Å². The molecule has 0 saturated heterocycles. The van der Waals surface area contributed by atoms with Crippen LogP contribution in [0.5, 0.6) is 0 Å². The zero-order valence-electron chi connectivity index (χ0n) is 13.5. The molecule has 0 amide bonds. The van der Waals surface area contributed by atoms with Gasteiger partial charge in [-0.3, -0.25) is 0 Å². The van der Waals surface area contributed by atoms with Crippen molar-refractivity contribution in [3.8, 4) is 0 Å². The van der Waals surface area contributed by atoms with Gasteiger partial charge in [0.2, 0.25) is 0 Å². The fourth-order valence-corrected chi connectivity index (χ4v) is 2.93. The normalized spacial score (nSPS) is 13.0. The van der Waals surface area contributed by atoms with Crippen molar-refractivity contribution in [2.24, 2.45) is 0 Å². The van der Waals surface area contributed by atoms with Gasteiger partial charge in [0.25, 0.3) is 0 Å². The molecule has 0 saturated carbocycles. The molecule has 22 heavy (non-hydrogen) atoms. The van der Waals surface area contributed by atoms with Crippen molar-refractivity contribution in [2.75, 3.05) is 22.9 Å². The number of hydrogen-bond donors (Lipinski definition) is 0. The Morgan fingerprint density at radius 1 is 0.773 bits per heavy atom. The lowest BCUT2D eigenvalue weighted by Gasteiger charge is -2.38. The van der Waals surface area contributed by atoms with E-state index >= 15 is 0 Å². The number of fused-ring (bicyclic) bond motifs is 2. The summed E-state index contributed by atoms with van der Waals surface area (Å²) in [6.45, 7) is 6.42. The van der Waals surface area contributed by atoms with Crippen molar-refractivity contribution in [3.63, 3.8) is 0 Å². The van der Waals surface area contributed by atoms with Crippen LogP contribution in [0.3, 0.4) is 0 Å². The maximum atomic E-state index is 4.67. The molecule has 2 aromatic heterocycles. The monoisotopic (exact) mass is 296 g/mol. The van der Waals surface area contributed by atoms with Crippen LogP contribution in [0.4, 0.5) is 23.0 Å².